The van der Waals surface area contributed by atoms with E-state index in [1.54, 1.807) is 0 Å². The van der Waals surface area contributed by atoms with Crippen LogP contribution in [-0.4, -0.2) is 30.3 Å². The first-order valence-electron chi connectivity index (χ1n) is 7.78. The summed E-state index contributed by atoms with van der Waals surface area (Å²) >= 11 is 3.69. The maximum atomic E-state index is 10.0. The Labute approximate surface area is 137 Å². The first-order chi connectivity index (χ1) is 9.78. The van der Waals surface area contributed by atoms with Crippen molar-refractivity contribution in [2.75, 3.05) is 24.5 Å². The number of hydrogen-bond acceptors (Lipinski definition) is 3. The molecule has 0 fully saturated rings. The van der Waals surface area contributed by atoms with Gasteiger partial charge >= 0.3 is 0 Å². The molecule has 0 aliphatic carbocycles. The van der Waals surface area contributed by atoms with Gasteiger partial charge in [-0.05, 0) is 58.4 Å². The molecule has 0 saturated heterocycles. The van der Waals surface area contributed by atoms with Crippen LogP contribution >= 0.6 is 15.9 Å². The Hall–Kier alpha value is -0.580. The SMILES string of the molecule is CCCNC(C)c1ccc(N(CC)CC(C)(C)O)cc1Br. The highest BCUT2D eigenvalue weighted by Gasteiger charge is 2.18. The predicted molar refractivity (Wildman–Crippen MR) is 95.0 cm³/mol. The lowest BCUT2D eigenvalue weighted by atomic mass is 10.1. The highest BCUT2D eigenvalue weighted by molar-refractivity contribution is 9.10. The summed E-state index contributed by atoms with van der Waals surface area (Å²) in [5, 5.41) is 13.5. The van der Waals surface area contributed by atoms with Crippen LogP contribution in [0.2, 0.25) is 0 Å². The molecule has 0 aromatic heterocycles. The Bertz CT molecular complexity index is 443. The van der Waals surface area contributed by atoms with Crippen LogP contribution in [0.4, 0.5) is 5.69 Å². The number of halogens is 1. The van der Waals surface area contributed by atoms with E-state index in [0.29, 0.717) is 12.6 Å². The lowest BCUT2D eigenvalue weighted by Gasteiger charge is -2.30. The van der Waals surface area contributed by atoms with Gasteiger partial charge in [0.15, 0.2) is 0 Å². The summed E-state index contributed by atoms with van der Waals surface area (Å²) in [6.07, 6.45) is 1.13. The summed E-state index contributed by atoms with van der Waals surface area (Å²) in [6.45, 7) is 12.7. The number of anilines is 1. The van der Waals surface area contributed by atoms with Gasteiger partial charge in [-0.3, -0.25) is 0 Å². The number of hydrogen-bond donors (Lipinski definition) is 2. The van der Waals surface area contributed by atoms with Crippen LogP contribution in [0.25, 0.3) is 0 Å². The molecule has 1 aromatic rings. The second-order valence-electron chi connectivity index (χ2n) is 6.21. The van der Waals surface area contributed by atoms with Crippen molar-refractivity contribution >= 4 is 21.6 Å². The van der Waals surface area contributed by atoms with Gasteiger partial charge in [-0.1, -0.05) is 28.9 Å². The van der Waals surface area contributed by atoms with Gasteiger partial charge < -0.3 is 15.3 Å². The Morgan fingerprint density at radius 2 is 2.00 bits per heavy atom. The monoisotopic (exact) mass is 356 g/mol. The zero-order chi connectivity index (χ0) is 16.0. The summed E-state index contributed by atoms with van der Waals surface area (Å²) in [5.41, 5.74) is 1.71. The zero-order valence-corrected chi connectivity index (χ0v) is 15.5. The number of aliphatic hydroxyl groups is 1. The summed E-state index contributed by atoms with van der Waals surface area (Å²) < 4.78 is 1.12. The highest BCUT2D eigenvalue weighted by atomic mass is 79.9. The number of rotatable bonds is 8. The fourth-order valence-electron chi connectivity index (χ4n) is 2.39. The molecule has 120 valence electrons. The molecule has 0 aliphatic rings. The summed E-state index contributed by atoms with van der Waals surface area (Å²) in [5.74, 6) is 0. The van der Waals surface area contributed by atoms with Gasteiger partial charge in [0.25, 0.3) is 0 Å². The van der Waals surface area contributed by atoms with E-state index < -0.39 is 5.60 Å². The lowest BCUT2D eigenvalue weighted by Crippen LogP contribution is -2.38. The number of benzene rings is 1. The van der Waals surface area contributed by atoms with Crippen LogP contribution in [0.3, 0.4) is 0 Å². The van der Waals surface area contributed by atoms with Crippen molar-refractivity contribution in [1.29, 1.82) is 0 Å². The smallest absolute Gasteiger partial charge is 0.0765 e. The molecule has 0 spiro atoms. The Kier molecular flexibility index (Phi) is 7.17. The molecule has 1 rings (SSSR count). The van der Waals surface area contributed by atoms with E-state index in [0.717, 1.165) is 29.7 Å². The maximum absolute atomic E-state index is 10.0. The van der Waals surface area contributed by atoms with Crippen LogP contribution in [0.5, 0.6) is 0 Å². The van der Waals surface area contributed by atoms with Crippen molar-refractivity contribution in [2.45, 2.75) is 52.7 Å². The topological polar surface area (TPSA) is 35.5 Å². The largest absolute Gasteiger partial charge is 0.389 e. The summed E-state index contributed by atoms with van der Waals surface area (Å²) in [7, 11) is 0. The predicted octanol–water partition coefficient (Wildman–Crippen LogP) is 4.11. The van der Waals surface area contributed by atoms with Gasteiger partial charge in [-0.15, -0.1) is 0 Å². The molecular formula is C17H29BrN2O. The average Bonchev–Trinajstić information content (AvgIpc) is 2.41. The van der Waals surface area contributed by atoms with E-state index in [2.05, 4.69) is 65.1 Å². The van der Waals surface area contributed by atoms with E-state index >= 15 is 0 Å². The van der Waals surface area contributed by atoms with Crippen LogP contribution in [0, 0.1) is 0 Å². The maximum Gasteiger partial charge on any atom is 0.0765 e. The van der Waals surface area contributed by atoms with Gasteiger partial charge in [-0.25, -0.2) is 0 Å². The molecule has 1 unspecified atom stereocenters. The molecule has 0 aliphatic heterocycles. The first-order valence-corrected chi connectivity index (χ1v) is 8.58. The lowest BCUT2D eigenvalue weighted by molar-refractivity contribution is 0.0876. The van der Waals surface area contributed by atoms with Gasteiger partial charge in [0.2, 0.25) is 0 Å². The van der Waals surface area contributed by atoms with Gasteiger partial charge in [-0.2, -0.15) is 0 Å². The molecule has 1 atom stereocenters. The second-order valence-corrected chi connectivity index (χ2v) is 7.06. The van der Waals surface area contributed by atoms with Gasteiger partial charge in [0.1, 0.15) is 0 Å². The Morgan fingerprint density at radius 3 is 2.48 bits per heavy atom. The van der Waals surface area contributed by atoms with Crippen molar-refractivity contribution < 1.29 is 5.11 Å². The van der Waals surface area contributed by atoms with Crippen LogP contribution < -0.4 is 10.2 Å². The molecule has 0 radical (unpaired) electrons. The number of nitrogens with zero attached hydrogens (tertiary/aromatic N) is 1. The third-order valence-corrected chi connectivity index (χ3v) is 4.16. The third-order valence-electron chi connectivity index (χ3n) is 3.48. The third kappa shape index (κ3) is 5.97. The number of nitrogens with one attached hydrogen (secondary N) is 1. The molecule has 0 saturated carbocycles. The van der Waals surface area contributed by atoms with Crippen LogP contribution in [0.15, 0.2) is 22.7 Å². The van der Waals surface area contributed by atoms with E-state index in [4.69, 9.17) is 0 Å². The molecule has 0 heterocycles. The Balaban J connectivity index is 2.90. The minimum absolute atomic E-state index is 0.331. The molecule has 2 N–H and O–H groups in total. The van der Waals surface area contributed by atoms with Crippen molar-refractivity contribution in [3.8, 4) is 0 Å². The minimum atomic E-state index is -0.697. The van der Waals surface area contributed by atoms with Crippen LogP contribution in [-0.2, 0) is 0 Å². The van der Waals surface area contributed by atoms with E-state index in [1.165, 1.54) is 5.56 Å². The Morgan fingerprint density at radius 1 is 1.33 bits per heavy atom. The van der Waals surface area contributed by atoms with Crippen molar-refractivity contribution in [3.63, 3.8) is 0 Å². The molecule has 21 heavy (non-hydrogen) atoms. The molecule has 3 nitrogen and oxygen atoms in total. The summed E-state index contributed by atoms with van der Waals surface area (Å²) in [4.78, 5) is 2.19. The van der Waals surface area contributed by atoms with Crippen LogP contribution in [0.1, 0.15) is 52.6 Å². The highest BCUT2D eigenvalue weighted by Crippen LogP contribution is 2.29. The quantitative estimate of drug-likeness (QED) is 0.735. The molecule has 0 bridgehead atoms. The van der Waals surface area contributed by atoms with Gasteiger partial charge in [0, 0.05) is 29.3 Å². The van der Waals surface area contributed by atoms with Gasteiger partial charge in [0.05, 0.1) is 5.60 Å². The standard InChI is InChI=1S/C17H29BrN2O/c1-6-10-19-13(3)15-9-8-14(11-16(15)18)20(7-2)12-17(4,5)21/h8-9,11,13,19,21H,6-7,10,12H2,1-5H3. The van der Waals surface area contributed by atoms with Crippen molar-refractivity contribution in [2.24, 2.45) is 0 Å². The fraction of sp³-hybridized carbons (Fsp3) is 0.647. The molecular weight excluding hydrogens is 328 g/mol. The van der Waals surface area contributed by atoms with E-state index in [9.17, 15) is 5.11 Å². The molecule has 4 heteroatoms. The zero-order valence-electron chi connectivity index (χ0n) is 13.9. The average molecular weight is 357 g/mol. The number of likely N-dealkylation sites (N-methyl/N-ethyl adjacent to an activating group) is 1. The first kappa shape index (κ1) is 18.5. The summed E-state index contributed by atoms with van der Waals surface area (Å²) in [6, 6.07) is 6.78. The minimum Gasteiger partial charge on any atom is -0.389 e. The normalized spacial score (nSPS) is 13.3. The van der Waals surface area contributed by atoms with Crippen molar-refractivity contribution in [1.82, 2.24) is 5.32 Å². The molecule has 0 amide bonds. The second kappa shape index (κ2) is 8.16. The fourth-order valence-corrected chi connectivity index (χ4v) is 3.10. The van der Waals surface area contributed by atoms with E-state index in [-0.39, 0.29) is 0 Å². The van der Waals surface area contributed by atoms with E-state index in [1.807, 2.05) is 13.8 Å². The van der Waals surface area contributed by atoms with Crippen molar-refractivity contribution in [3.05, 3.63) is 28.2 Å². The molecule has 1 aromatic carbocycles.